The van der Waals surface area contributed by atoms with E-state index in [0.717, 1.165) is 13.0 Å². The molecule has 0 N–H and O–H groups in total. The first-order valence-electron chi connectivity index (χ1n) is 5.92. The van der Waals surface area contributed by atoms with Gasteiger partial charge in [0.1, 0.15) is 0 Å². The number of hydrogen-bond donors (Lipinski definition) is 0. The first-order chi connectivity index (χ1) is 6.95. The smallest absolute Gasteiger partial charge is 0.225 e. The van der Waals surface area contributed by atoms with Crippen molar-refractivity contribution in [2.75, 3.05) is 20.6 Å². The zero-order chi connectivity index (χ0) is 11.6. The van der Waals surface area contributed by atoms with E-state index in [4.69, 9.17) is 0 Å². The molecule has 0 saturated carbocycles. The van der Waals surface area contributed by atoms with Crippen molar-refractivity contribution in [3.63, 3.8) is 0 Å². The Kier molecular flexibility index (Phi) is 4.14. The summed E-state index contributed by atoms with van der Waals surface area (Å²) < 4.78 is 0. The molecule has 1 aliphatic heterocycles. The standard InChI is InChI=1S/C12H24N2O/c1-9(2)12(15)14(5)11-7-6-8-13(4)10(11)3/h9-11H,6-8H2,1-5H3. The molecule has 1 saturated heterocycles. The van der Waals surface area contributed by atoms with Gasteiger partial charge in [-0.25, -0.2) is 0 Å². The molecular weight excluding hydrogens is 188 g/mol. The molecule has 0 aliphatic carbocycles. The summed E-state index contributed by atoms with van der Waals surface area (Å²) in [5.74, 6) is 0.372. The van der Waals surface area contributed by atoms with E-state index in [-0.39, 0.29) is 11.8 Å². The first kappa shape index (κ1) is 12.5. The van der Waals surface area contributed by atoms with Crippen molar-refractivity contribution < 1.29 is 4.79 Å². The molecule has 1 heterocycles. The van der Waals surface area contributed by atoms with Crippen molar-refractivity contribution >= 4 is 5.91 Å². The maximum atomic E-state index is 11.9. The Labute approximate surface area is 93.4 Å². The van der Waals surface area contributed by atoms with Crippen LogP contribution in [0.2, 0.25) is 0 Å². The van der Waals surface area contributed by atoms with Crippen LogP contribution >= 0.6 is 0 Å². The van der Waals surface area contributed by atoms with Gasteiger partial charge in [-0.05, 0) is 33.4 Å². The van der Waals surface area contributed by atoms with Gasteiger partial charge in [-0.15, -0.1) is 0 Å². The second kappa shape index (κ2) is 4.97. The lowest BCUT2D eigenvalue weighted by Crippen LogP contribution is -2.53. The highest BCUT2D eigenvalue weighted by atomic mass is 16.2. The quantitative estimate of drug-likeness (QED) is 0.694. The van der Waals surface area contributed by atoms with Gasteiger partial charge in [-0.3, -0.25) is 4.79 Å². The lowest BCUT2D eigenvalue weighted by Gasteiger charge is -2.42. The summed E-state index contributed by atoms with van der Waals surface area (Å²) in [6, 6.07) is 0.866. The summed E-state index contributed by atoms with van der Waals surface area (Å²) in [5, 5.41) is 0. The van der Waals surface area contributed by atoms with Crippen LogP contribution in [0.3, 0.4) is 0 Å². The normalized spacial score (nSPS) is 28.1. The summed E-state index contributed by atoms with van der Waals surface area (Å²) in [5.41, 5.74) is 0. The lowest BCUT2D eigenvalue weighted by molar-refractivity contribution is -0.137. The molecule has 88 valence electrons. The van der Waals surface area contributed by atoms with Crippen LogP contribution in [-0.4, -0.2) is 48.4 Å². The number of rotatable bonds is 2. The van der Waals surface area contributed by atoms with Crippen LogP contribution in [0.5, 0.6) is 0 Å². The Bertz CT molecular complexity index is 228. The molecule has 3 nitrogen and oxygen atoms in total. The Morgan fingerprint density at radius 2 is 2.07 bits per heavy atom. The molecule has 0 radical (unpaired) electrons. The third-order valence-electron chi connectivity index (χ3n) is 3.60. The number of nitrogens with zero attached hydrogens (tertiary/aromatic N) is 2. The minimum atomic E-state index is 0.106. The molecule has 2 unspecified atom stereocenters. The van der Waals surface area contributed by atoms with Crippen LogP contribution in [0.25, 0.3) is 0 Å². The summed E-state index contributed by atoms with van der Waals surface area (Å²) in [6.07, 6.45) is 2.34. The number of amides is 1. The van der Waals surface area contributed by atoms with Crippen molar-refractivity contribution in [1.82, 2.24) is 9.80 Å². The van der Waals surface area contributed by atoms with Crippen molar-refractivity contribution in [2.24, 2.45) is 5.92 Å². The molecule has 1 amide bonds. The summed E-state index contributed by atoms with van der Waals surface area (Å²) in [7, 11) is 4.09. The SMILES string of the molecule is CC(C)C(=O)N(C)C1CCCN(C)C1C. The minimum Gasteiger partial charge on any atom is -0.341 e. The van der Waals surface area contributed by atoms with E-state index < -0.39 is 0 Å². The zero-order valence-electron chi connectivity index (χ0n) is 10.7. The Morgan fingerprint density at radius 1 is 1.47 bits per heavy atom. The number of likely N-dealkylation sites (N-methyl/N-ethyl adjacent to an activating group) is 2. The molecule has 0 aromatic heterocycles. The van der Waals surface area contributed by atoms with Crippen LogP contribution < -0.4 is 0 Å². The van der Waals surface area contributed by atoms with E-state index in [0.29, 0.717) is 12.1 Å². The average molecular weight is 212 g/mol. The van der Waals surface area contributed by atoms with Crippen LogP contribution in [0.15, 0.2) is 0 Å². The molecular formula is C12H24N2O. The molecule has 0 bridgehead atoms. The van der Waals surface area contributed by atoms with E-state index >= 15 is 0 Å². The van der Waals surface area contributed by atoms with Crippen LogP contribution in [0.1, 0.15) is 33.6 Å². The van der Waals surface area contributed by atoms with Crippen LogP contribution in [0.4, 0.5) is 0 Å². The van der Waals surface area contributed by atoms with Gasteiger partial charge in [-0.1, -0.05) is 13.8 Å². The summed E-state index contributed by atoms with van der Waals surface area (Å²) >= 11 is 0. The molecule has 1 rings (SSSR count). The van der Waals surface area contributed by atoms with E-state index in [1.165, 1.54) is 6.42 Å². The number of piperidine rings is 1. The van der Waals surface area contributed by atoms with Crippen molar-refractivity contribution in [3.8, 4) is 0 Å². The highest BCUT2D eigenvalue weighted by molar-refractivity contribution is 5.78. The van der Waals surface area contributed by atoms with Gasteiger partial charge in [0.15, 0.2) is 0 Å². The fourth-order valence-electron chi connectivity index (χ4n) is 2.38. The molecule has 0 spiro atoms. The summed E-state index contributed by atoms with van der Waals surface area (Å²) in [4.78, 5) is 16.2. The van der Waals surface area contributed by atoms with Gasteiger partial charge in [-0.2, -0.15) is 0 Å². The van der Waals surface area contributed by atoms with E-state index in [2.05, 4.69) is 18.9 Å². The molecule has 15 heavy (non-hydrogen) atoms. The molecule has 2 atom stereocenters. The molecule has 1 fully saturated rings. The number of carbonyl (C=O) groups is 1. The summed E-state index contributed by atoms with van der Waals surface area (Å²) in [6.45, 7) is 7.31. The number of carbonyl (C=O) groups excluding carboxylic acids is 1. The molecule has 0 aromatic carbocycles. The topological polar surface area (TPSA) is 23.6 Å². The van der Waals surface area contributed by atoms with E-state index in [1.54, 1.807) is 0 Å². The van der Waals surface area contributed by atoms with Crippen LogP contribution in [-0.2, 0) is 4.79 Å². The first-order valence-corrected chi connectivity index (χ1v) is 5.92. The fraction of sp³-hybridized carbons (Fsp3) is 0.917. The van der Waals surface area contributed by atoms with Crippen LogP contribution in [0, 0.1) is 5.92 Å². The number of hydrogen-bond acceptors (Lipinski definition) is 2. The third kappa shape index (κ3) is 2.71. The van der Waals surface area contributed by atoms with E-state index in [1.807, 2.05) is 25.8 Å². The monoisotopic (exact) mass is 212 g/mol. The van der Waals surface area contributed by atoms with Gasteiger partial charge >= 0.3 is 0 Å². The van der Waals surface area contributed by atoms with Gasteiger partial charge < -0.3 is 9.80 Å². The highest BCUT2D eigenvalue weighted by Gasteiger charge is 2.31. The Morgan fingerprint density at radius 3 is 2.60 bits per heavy atom. The largest absolute Gasteiger partial charge is 0.341 e. The average Bonchev–Trinajstić information content (AvgIpc) is 2.20. The predicted octanol–water partition coefficient (Wildman–Crippen LogP) is 1.58. The van der Waals surface area contributed by atoms with Gasteiger partial charge in [0, 0.05) is 25.0 Å². The second-order valence-corrected chi connectivity index (χ2v) is 5.03. The molecule has 0 aromatic rings. The van der Waals surface area contributed by atoms with Crippen molar-refractivity contribution in [1.29, 1.82) is 0 Å². The maximum Gasteiger partial charge on any atom is 0.225 e. The minimum absolute atomic E-state index is 0.106. The zero-order valence-corrected chi connectivity index (χ0v) is 10.7. The maximum absolute atomic E-state index is 11.9. The Hall–Kier alpha value is -0.570. The van der Waals surface area contributed by atoms with Crippen molar-refractivity contribution in [3.05, 3.63) is 0 Å². The van der Waals surface area contributed by atoms with Gasteiger partial charge in [0.25, 0.3) is 0 Å². The molecule has 3 heteroatoms. The predicted molar refractivity (Wildman–Crippen MR) is 62.7 cm³/mol. The molecule has 1 aliphatic rings. The lowest BCUT2D eigenvalue weighted by atomic mass is 9.96. The van der Waals surface area contributed by atoms with E-state index in [9.17, 15) is 4.79 Å². The fourth-order valence-corrected chi connectivity index (χ4v) is 2.38. The van der Waals surface area contributed by atoms with Gasteiger partial charge in [0.05, 0.1) is 0 Å². The second-order valence-electron chi connectivity index (χ2n) is 5.03. The third-order valence-corrected chi connectivity index (χ3v) is 3.60. The Balaban J connectivity index is 2.65. The van der Waals surface area contributed by atoms with Crippen molar-refractivity contribution in [2.45, 2.75) is 45.7 Å². The van der Waals surface area contributed by atoms with Gasteiger partial charge in [0.2, 0.25) is 5.91 Å². The number of likely N-dealkylation sites (tertiary alicyclic amines) is 1. The highest BCUT2D eigenvalue weighted by Crippen LogP contribution is 2.21.